The minimum atomic E-state index is -0.249. The van der Waals surface area contributed by atoms with Gasteiger partial charge in [0.1, 0.15) is 17.3 Å². The van der Waals surface area contributed by atoms with Crippen molar-refractivity contribution in [2.45, 2.75) is 4.90 Å². The fourth-order valence-electron chi connectivity index (χ4n) is 2.75. The molecular weight excluding hydrogens is 363 g/mol. The van der Waals surface area contributed by atoms with Gasteiger partial charge in [-0.15, -0.1) is 0 Å². The molecule has 1 amide bonds. The summed E-state index contributed by atoms with van der Waals surface area (Å²) in [5.41, 5.74) is 3.63. The average Bonchev–Trinajstić information content (AvgIpc) is 3.16. The van der Waals surface area contributed by atoms with E-state index < -0.39 is 0 Å². The molecule has 0 radical (unpaired) electrons. The highest BCUT2D eigenvalue weighted by Crippen LogP contribution is 2.31. The predicted octanol–water partition coefficient (Wildman–Crippen LogP) is 5.06. The number of aromatic nitrogens is 2. The number of halogens is 1. The highest BCUT2D eigenvalue weighted by Gasteiger charge is 2.09. The molecule has 0 unspecified atom stereocenters. The summed E-state index contributed by atoms with van der Waals surface area (Å²) in [6.07, 6.45) is 2.43. The van der Waals surface area contributed by atoms with E-state index in [1.165, 1.54) is 24.1 Å². The molecule has 0 aliphatic carbocycles. The van der Waals surface area contributed by atoms with Gasteiger partial charge in [-0.05, 0) is 71.6 Å². The van der Waals surface area contributed by atoms with Crippen LogP contribution in [0.2, 0.25) is 0 Å². The Kier molecular flexibility index (Phi) is 4.76. The third-order valence-corrected chi connectivity index (χ3v) is 4.88. The van der Waals surface area contributed by atoms with Gasteiger partial charge in [0.15, 0.2) is 0 Å². The van der Waals surface area contributed by atoms with E-state index in [2.05, 4.69) is 20.0 Å². The van der Waals surface area contributed by atoms with Crippen molar-refractivity contribution in [1.82, 2.24) is 9.97 Å². The number of rotatable bonds is 6. The molecular formula is C20H15FN4OS. The van der Waals surface area contributed by atoms with E-state index in [9.17, 15) is 9.18 Å². The molecule has 4 aromatic rings. The first kappa shape index (κ1) is 17.1. The zero-order valence-corrected chi connectivity index (χ0v) is 14.9. The van der Waals surface area contributed by atoms with Gasteiger partial charge in [-0.25, -0.2) is 9.37 Å². The molecule has 2 heterocycles. The van der Waals surface area contributed by atoms with Gasteiger partial charge >= 0.3 is 0 Å². The lowest BCUT2D eigenvalue weighted by molar-refractivity contribution is -0.105. The van der Waals surface area contributed by atoms with Crippen LogP contribution in [0.5, 0.6) is 0 Å². The number of carbonyl (C=O) groups excluding carboxylic acids is 1. The van der Waals surface area contributed by atoms with Gasteiger partial charge in [0.25, 0.3) is 0 Å². The van der Waals surface area contributed by atoms with Crippen LogP contribution in [0.3, 0.4) is 0 Å². The average molecular weight is 378 g/mol. The van der Waals surface area contributed by atoms with E-state index in [1.54, 1.807) is 12.1 Å². The van der Waals surface area contributed by atoms with Gasteiger partial charge in [-0.1, -0.05) is 12.1 Å². The van der Waals surface area contributed by atoms with Gasteiger partial charge in [-0.2, -0.15) is 0 Å². The van der Waals surface area contributed by atoms with E-state index in [0.717, 1.165) is 27.1 Å². The summed E-state index contributed by atoms with van der Waals surface area (Å²) in [4.78, 5) is 19.1. The Bertz CT molecular complexity index is 1080. The molecule has 2 aromatic heterocycles. The van der Waals surface area contributed by atoms with Crippen molar-refractivity contribution < 1.29 is 9.18 Å². The van der Waals surface area contributed by atoms with Gasteiger partial charge < -0.3 is 15.0 Å². The van der Waals surface area contributed by atoms with Gasteiger partial charge in [0.05, 0.1) is 0 Å². The standard InChI is InChI=1S/C20H15FN4OS/c21-14-3-7-16(8-4-14)27-25-15-5-1-13(2-6-15)18-11-19(23-12-26)24-20-17(18)9-10-22-20/h1-12,25H,(H2,22,23,24,26). The highest BCUT2D eigenvalue weighted by atomic mass is 32.2. The van der Waals surface area contributed by atoms with Crippen LogP contribution in [-0.2, 0) is 4.79 Å². The van der Waals surface area contributed by atoms with Crippen molar-refractivity contribution in [3.8, 4) is 11.1 Å². The first-order valence-corrected chi connectivity index (χ1v) is 9.02. The summed E-state index contributed by atoms with van der Waals surface area (Å²) in [7, 11) is 0. The molecule has 0 atom stereocenters. The number of nitrogens with zero attached hydrogens (tertiary/aromatic N) is 1. The van der Waals surface area contributed by atoms with Crippen molar-refractivity contribution in [3.05, 3.63) is 72.7 Å². The van der Waals surface area contributed by atoms with Crippen molar-refractivity contribution in [2.24, 2.45) is 0 Å². The van der Waals surface area contributed by atoms with E-state index in [0.29, 0.717) is 17.9 Å². The number of hydrogen-bond donors (Lipinski definition) is 3. The molecule has 5 nitrogen and oxygen atoms in total. The van der Waals surface area contributed by atoms with E-state index in [1.807, 2.05) is 42.6 Å². The van der Waals surface area contributed by atoms with Crippen LogP contribution in [0, 0.1) is 5.82 Å². The molecule has 0 bridgehead atoms. The second-order valence-corrected chi connectivity index (χ2v) is 6.67. The number of amides is 1. The normalized spacial score (nSPS) is 10.7. The Hall–Kier alpha value is -3.32. The lowest BCUT2D eigenvalue weighted by Crippen LogP contribution is -1.97. The SMILES string of the molecule is O=CNc1cc(-c2ccc(NSc3ccc(F)cc3)cc2)c2cc[nH]c2n1. The molecule has 0 aliphatic heterocycles. The quantitative estimate of drug-likeness (QED) is 0.324. The van der Waals surface area contributed by atoms with Crippen LogP contribution in [0.4, 0.5) is 15.9 Å². The third kappa shape index (κ3) is 3.78. The molecule has 134 valence electrons. The molecule has 4 rings (SSSR count). The predicted molar refractivity (Wildman–Crippen MR) is 107 cm³/mol. The molecule has 7 heteroatoms. The Morgan fingerprint density at radius 1 is 1.04 bits per heavy atom. The molecule has 0 spiro atoms. The zero-order chi connectivity index (χ0) is 18.6. The Labute approximate surface area is 159 Å². The van der Waals surface area contributed by atoms with E-state index >= 15 is 0 Å². The van der Waals surface area contributed by atoms with Crippen molar-refractivity contribution in [3.63, 3.8) is 0 Å². The first-order valence-electron chi connectivity index (χ1n) is 8.20. The van der Waals surface area contributed by atoms with Gasteiger partial charge in [0, 0.05) is 22.2 Å². The maximum Gasteiger partial charge on any atom is 0.212 e. The van der Waals surface area contributed by atoms with Crippen LogP contribution in [0.25, 0.3) is 22.2 Å². The number of anilines is 2. The number of pyridine rings is 1. The van der Waals surface area contributed by atoms with Crippen molar-refractivity contribution >= 4 is 40.9 Å². The second kappa shape index (κ2) is 7.51. The monoisotopic (exact) mass is 378 g/mol. The Morgan fingerprint density at radius 2 is 1.81 bits per heavy atom. The van der Waals surface area contributed by atoms with Crippen LogP contribution < -0.4 is 10.0 Å². The van der Waals surface area contributed by atoms with E-state index in [-0.39, 0.29) is 5.82 Å². The molecule has 0 saturated carbocycles. The maximum absolute atomic E-state index is 13.0. The minimum Gasteiger partial charge on any atom is -0.346 e. The van der Waals surface area contributed by atoms with Gasteiger partial charge in [0.2, 0.25) is 6.41 Å². The molecule has 27 heavy (non-hydrogen) atoms. The smallest absolute Gasteiger partial charge is 0.212 e. The van der Waals surface area contributed by atoms with Crippen LogP contribution in [-0.4, -0.2) is 16.4 Å². The van der Waals surface area contributed by atoms with Crippen LogP contribution in [0.1, 0.15) is 0 Å². The third-order valence-electron chi connectivity index (χ3n) is 4.03. The van der Waals surface area contributed by atoms with Crippen molar-refractivity contribution in [2.75, 3.05) is 10.0 Å². The minimum absolute atomic E-state index is 0.249. The Balaban J connectivity index is 1.56. The summed E-state index contributed by atoms with van der Waals surface area (Å²) in [6, 6.07) is 18.1. The summed E-state index contributed by atoms with van der Waals surface area (Å²) in [5, 5.41) is 3.58. The number of benzene rings is 2. The molecule has 3 N–H and O–H groups in total. The van der Waals surface area contributed by atoms with Gasteiger partial charge in [-0.3, -0.25) is 4.79 Å². The number of aromatic amines is 1. The lowest BCUT2D eigenvalue weighted by Gasteiger charge is -2.09. The highest BCUT2D eigenvalue weighted by molar-refractivity contribution is 8.00. The number of carbonyl (C=O) groups is 1. The second-order valence-electron chi connectivity index (χ2n) is 5.79. The lowest BCUT2D eigenvalue weighted by atomic mass is 10.0. The fourth-order valence-corrected chi connectivity index (χ4v) is 3.39. The fraction of sp³-hybridized carbons (Fsp3) is 0. The summed E-state index contributed by atoms with van der Waals surface area (Å²) < 4.78 is 16.2. The number of fused-ring (bicyclic) bond motifs is 1. The van der Waals surface area contributed by atoms with Crippen LogP contribution >= 0.6 is 11.9 Å². The maximum atomic E-state index is 13.0. The summed E-state index contributed by atoms with van der Waals surface area (Å²) >= 11 is 1.42. The number of nitrogens with one attached hydrogen (secondary N) is 3. The summed E-state index contributed by atoms with van der Waals surface area (Å²) in [6.45, 7) is 0. The Morgan fingerprint density at radius 3 is 2.56 bits per heavy atom. The zero-order valence-electron chi connectivity index (χ0n) is 14.1. The van der Waals surface area contributed by atoms with E-state index in [4.69, 9.17) is 0 Å². The molecule has 0 fully saturated rings. The topological polar surface area (TPSA) is 69.8 Å². The first-order chi connectivity index (χ1) is 13.2. The summed E-state index contributed by atoms with van der Waals surface area (Å²) in [5.74, 6) is 0.240. The van der Waals surface area contributed by atoms with Crippen molar-refractivity contribution in [1.29, 1.82) is 0 Å². The number of hydrogen-bond acceptors (Lipinski definition) is 4. The number of H-pyrrole nitrogens is 1. The molecule has 0 saturated heterocycles. The largest absolute Gasteiger partial charge is 0.346 e. The molecule has 0 aliphatic rings. The van der Waals surface area contributed by atoms with Crippen LogP contribution in [0.15, 0.2) is 71.8 Å². The molecule has 2 aromatic carbocycles.